The number of hydrogen-bond donors (Lipinski definition) is 1. The number of fused-ring (bicyclic) bond motifs is 1. The zero-order chi connectivity index (χ0) is 20.0. The third-order valence-electron chi connectivity index (χ3n) is 5.50. The number of benzene rings is 2. The van der Waals surface area contributed by atoms with Gasteiger partial charge in [-0.2, -0.15) is 0 Å². The molecular formula is C21H20ClFN6. The summed E-state index contributed by atoms with van der Waals surface area (Å²) in [7, 11) is 0. The Labute approximate surface area is 172 Å². The Bertz CT molecular complexity index is 1180. The van der Waals surface area contributed by atoms with Crippen molar-refractivity contribution in [2.45, 2.75) is 26.2 Å². The smallest absolute Gasteiger partial charge is 0.198 e. The van der Waals surface area contributed by atoms with E-state index in [1.807, 2.05) is 25.1 Å². The molecule has 8 heteroatoms. The van der Waals surface area contributed by atoms with E-state index in [0.717, 1.165) is 54.1 Å². The summed E-state index contributed by atoms with van der Waals surface area (Å²) < 4.78 is 16.6. The van der Waals surface area contributed by atoms with E-state index in [4.69, 9.17) is 11.6 Å². The first-order chi connectivity index (χ1) is 14.1. The molecular weight excluding hydrogens is 391 g/mol. The van der Waals surface area contributed by atoms with Gasteiger partial charge in [0.05, 0.1) is 16.2 Å². The van der Waals surface area contributed by atoms with Gasteiger partial charge < -0.3 is 9.47 Å². The molecule has 0 amide bonds. The maximum Gasteiger partial charge on any atom is 0.198 e. The minimum absolute atomic E-state index is 0.128. The number of rotatable bonds is 3. The summed E-state index contributed by atoms with van der Waals surface area (Å²) in [6.07, 6.45) is 3.35. The Morgan fingerprint density at radius 1 is 1.10 bits per heavy atom. The fourth-order valence-corrected chi connectivity index (χ4v) is 4.48. The first kappa shape index (κ1) is 18.1. The molecule has 0 radical (unpaired) electrons. The molecule has 1 N–H and O–H groups in total. The summed E-state index contributed by atoms with van der Waals surface area (Å²) in [4.78, 5) is 2.28. The molecule has 29 heavy (non-hydrogen) atoms. The standard InChI is InChI=1S/C21H20ClFN6/c1-13-6-5-7-14(12-13)29-16-9-8-15(23)18(22)17(16)19(28-10-3-2-4-11-28)20(29)21-24-26-27-25-21/h5-9,12H,2-4,10-11H2,1H3,(H,24,25,26,27). The quantitative estimate of drug-likeness (QED) is 0.521. The highest BCUT2D eigenvalue weighted by Crippen LogP contribution is 2.45. The Balaban J connectivity index is 1.93. The van der Waals surface area contributed by atoms with Gasteiger partial charge in [-0.15, -0.1) is 5.10 Å². The van der Waals surface area contributed by atoms with Crippen LogP contribution in [0.1, 0.15) is 24.8 Å². The van der Waals surface area contributed by atoms with Crippen molar-refractivity contribution in [2.24, 2.45) is 0 Å². The van der Waals surface area contributed by atoms with E-state index in [2.05, 4.69) is 36.2 Å². The van der Waals surface area contributed by atoms with Crippen molar-refractivity contribution in [2.75, 3.05) is 18.0 Å². The van der Waals surface area contributed by atoms with Gasteiger partial charge in [0.25, 0.3) is 0 Å². The average molecular weight is 411 g/mol. The zero-order valence-corrected chi connectivity index (χ0v) is 16.7. The van der Waals surface area contributed by atoms with Gasteiger partial charge in [-0.1, -0.05) is 23.7 Å². The number of halogens is 2. The molecule has 5 rings (SSSR count). The molecule has 0 aliphatic carbocycles. The maximum absolute atomic E-state index is 14.5. The van der Waals surface area contributed by atoms with Gasteiger partial charge in [-0.05, 0) is 66.4 Å². The topological polar surface area (TPSA) is 62.6 Å². The van der Waals surface area contributed by atoms with Gasteiger partial charge in [0.2, 0.25) is 0 Å². The lowest BCUT2D eigenvalue weighted by Crippen LogP contribution is -2.29. The highest BCUT2D eigenvalue weighted by Gasteiger charge is 2.29. The minimum atomic E-state index is -0.430. The molecule has 0 saturated carbocycles. The van der Waals surface area contributed by atoms with Gasteiger partial charge >= 0.3 is 0 Å². The summed E-state index contributed by atoms with van der Waals surface area (Å²) in [5.74, 6) is 0.0980. The third-order valence-corrected chi connectivity index (χ3v) is 5.87. The van der Waals surface area contributed by atoms with E-state index >= 15 is 0 Å². The number of piperidine rings is 1. The Morgan fingerprint density at radius 3 is 2.66 bits per heavy atom. The summed E-state index contributed by atoms with van der Waals surface area (Å²) in [5.41, 5.74) is 4.58. The molecule has 0 bridgehead atoms. The molecule has 0 spiro atoms. The minimum Gasteiger partial charge on any atom is -0.369 e. The highest BCUT2D eigenvalue weighted by molar-refractivity contribution is 6.37. The van der Waals surface area contributed by atoms with Crippen LogP contribution >= 0.6 is 11.6 Å². The van der Waals surface area contributed by atoms with Gasteiger partial charge in [0.1, 0.15) is 11.5 Å². The predicted molar refractivity (Wildman–Crippen MR) is 112 cm³/mol. The number of aryl methyl sites for hydroxylation is 1. The molecule has 6 nitrogen and oxygen atoms in total. The monoisotopic (exact) mass is 410 g/mol. The van der Waals surface area contributed by atoms with Crippen LogP contribution in [0.4, 0.5) is 10.1 Å². The first-order valence-electron chi connectivity index (χ1n) is 9.73. The zero-order valence-electron chi connectivity index (χ0n) is 16.0. The second-order valence-electron chi connectivity index (χ2n) is 7.42. The van der Waals surface area contributed by atoms with Crippen molar-refractivity contribution in [1.82, 2.24) is 25.2 Å². The molecule has 4 aromatic rings. The fourth-order valence-electron chi connectivity index (χ4n) is 4.23. The van der Waals surface area contributed by atoms with Crippen LogP contribution in [0.5, 0.6) is 0 Å². The molecule has 1 saturated heterocycles. The molecule has 148 valence electrons. The summed E-state index contributed by atoms with van der Waals surface area (Å²) >= 11 is 6.54. The molecule has 1 aliphatic heterocycles. The molecule has 2 aromatic carbocycles. The summed E-state index contributed by atoms with van der Waals surface area (Å²) in [6, 6.07) is 11.4. The van der Waals surface area contributed by atoms with Crippen LogP contribution in [0.2, 0.25) is 5.02 Å². The lowest BCUT2D eigenvalue weighted by atomic mass is 10.1. The van der Waals surface area contributed by atoms with Gasteiger partial charge in [0.15, 0.2) is 5.82 Å². The van der Waals surface area contributed by atoms with E-state index in [1.54, 1.807) is 6.07 Å². The number of nitrogens with zero attached hydrogens (tertiary/aromatic N) is 5. The van der Waals surface area contributed by atoms with Crippen LogP contribution in [-0.4, -0.2) is 38.3 Å². The number of aromatic amines is 1. The lowest BCUT2D eigenvalue weighted by Gasteiger charge is -2.29. The summed E-state index contributed by atoms with van der Waals surface area (Å²) in [6.45, 7) is 3.81. The van der Waals surface area contributed by atoms with E-state index < -0.39 is 5.82 Å². The van der Waals surface area contributed by atoms with Crippen molar-refractivity contribution in [3.05, 3.63) is 52.8 Å². The molecule has 0 unspecified atom stereocenters. The highest BCUT2D eigenvalue weighted by atomic mass is 35.5. The van der Waals surface area contributed by atoms with Crippen molar-refractivity contribution < 1.29 is 4.39 Å². The van der Waals surface area contributed by atoms with Crippen LogP contribution in [-0.2, 0) is 0 Å². The first-order valence-corrected chi connectivity index (χ1v) is 10.1. The van der Waals surface area contributed by atoms with Crippen LogP contribution in [0, 0.1) is 12.7 Å². The van der Waals surface area contributed by atoms with Crippen molar-refractivity contribution in [1.29, 1.82) is 0 Å². The Kier molecular flexibility index (Phi) is 4.47. The average Bonchev–Trinajstić information content (AvgIpc) is 3.37. The number of tetrazole rings is 1. The molecule has 2 aromatic heterocycles. The van der Waals surface area contributed by atoms with Crippen LogP contribution in [0.3, 0.4) is 0 Å². The van der Waals surface area contributed by atoms with Gasteiger partial charge in [0, 0.05) is 24.2 Å². The second kappa shape index (κ2) is 7.15. The number of hydrogen-bond acceptors (Lipinski definition) is 4. The van der Waals surface area contributed by atoms with Crippen LogP contribution < -0.4 is 4.90 Å². The van der Waals surface area contributed by atoms with Gasteiger partial charge in [-0.3, -0.25) is 0 Å². The molecule has 0 atom stereocenters. The predicted octanol–water partition coefficient (Wildman–Crippen LogP) is 4.90. The Morgan fingerprint density at radius 2 is 1.93 bits per heavy atom. The third kappa shape index (κ3) is 2.97. The van der Waals surface area contributed by atoms with Crippen LogP contribution in [0.25, 0.3) is 28.1 Å². The van der Waals surface area contributed by atoms with Crippen molar-refractivity contribution >= 4 is 28.2 Å². The molecule has 1 fully saturated rings. The largest absolute Gasteiger partial charge is 0.369 e. The Hall–Kier alpha value is -2.93. The number of aromatic nitrogens is 5. The van der Waals surface area contributed by atoms with E-state index in [0.29, 0.717) is 11.2 Å². The summed E-state index contributed by atoms with van der Waals surface area (Å²) in [5, 5.41) is 15.5. The maximum atomic E-state index is 14.5. The number of anilines is 1. The van der Waals surface area contributed by atoms with E-state index in [1.165, 1.54) is 12.5 Å². The van der Waals surface area contributed by atoms with E-state index in [9.17, 15) is 4.39 Å². The fraction of sp³-hybridized carbons (Fsp3) is 0.286. The number of H-pyrrole nitrogens is 1. The molecule has 3 heterocycles. The number of nitrogens with one attached hydrogen (secondary N) is 1. The van der Waals surface area contributed by atoms with E-state index in [-0.39, 0.29) is 5.02 Å². The lowest BCUT2D eigenvalue weighted by molar-refractivity contribution is 0.579. The molecule has 1 aliphatic rings. The van der Waals surface area contributed by atoms with Crippen molar-refractivity contribution in [3.63, 3.8) is 0 Å². The van der Waals surface area contributed by atoms with Crippen molar-refractivity contribution in [3.8, 4) is 17.2 Å². The normalized spacial score (nSPS) is 14.7. The van der Waals surface area contributed by atoms with Gasteiger partial charge in [-0.25, -0.2) is 9.49 Å². The van der Waals surface area contributed by atoms with Crippen LogP contribution in [0.15, 0.2) is 36.4 Å². The SMILES string of the molecule is Cc1cccc(-n2c(-c3nnn[nH]3)c(N3CCCCC3)c3c(Cl)c(F)ccc32)c1. The second-order valence-corrected chi connectivity index (χ2v) is 7.80.